The highest BCUT2D eigenvalue weighted by molar-refractivity contribution is 9.10. The number of hydrogen-bond donors (Lipinski definition) is 2. The fourth-order valence-electron chi connectivity index (χ4n) is 5.10. The third kappa shape index (κ3) is 5.60. The van der Waals surface area contributed by atoms with Gasteiger partial charge >= 0.3 is 0 Å². The van der Waals surface area contributed by atoms with E-state index in [2.05, 4.69) is 26.6 Å². The predicted molar refractivity (Wildman–Crippen MR) is 164 cm³/mol. The van der Waals surface area contributed by atoms with Crippen molar-refractivity contribution in [2.45, 2.75) is 25.6 Å². The number of rotatable bonds is 7. The monoisotopic (exact) mass is 632 g/mol. The second kappa shape index (κ2) is 12.3. The molecule has 0 aliphatic carbocycles. The van der Waals surface area contributed by atoms with Crippen LogP contribution in [-0.2, 0) is 16.1 Å². The molecule has 10 heteroatoms. The van der Waals surface area contributed by atoms with Crippen molar-refractivity contribution in [3.8, 4) is 5.75 Å². The number of benzene rings is 4. The van der Waals surface area contributed by atoms with Crippen molar-refractivity contribution in [3.63, 3.8) is 0 Å². The molecule has 0 aromatic heterocycles. The van der Waals surface area contributed by atoms with Gasteiger partial charge in [-0.25, -0.2) is 4.39 Å². The summed E-state index contributed by atoms with van der Waals surface area (Å²) in [5.41, 5.74) is 2.00. The minimum absolute atomic E-state index is 0.110. The molecule has 0 fully saturated rings. The maximum Gasteiger partial charge on any atom is 0.258 e. The molecule has 216 valence electrons. The average Bonchev–Trinajstić information content (AvgIpc) is 3.11. The second-order valence-corrected chi connectivity index (χ2v) is 10.8. The van der Waals surface area contributed by atoms with Gasteiger partial charge in [0.05, 0.1) is 37.6 Å². The molecule has 1 aliphatic heterocycles. The Kier molecular flexibility index (Phi) is 8.56. The summed E-state index contributed by atoms with van der Waals surface area (Å²) >= 11 is 3.62. The van der Waals surface area contributed by atoms with Crippen LogP contribution in [0.2, 0.25) is 0 Å². The van der Waals surface area contributed by atoms with Gasteiger partial charge < -0.3 is 25.2 Å². The third-order valence-corrected chi connectivity index (χ3v) is 8.18. The summed E-state index contributed by atoms with van der Waals surface area (Å²) < 4.78 is 20.3. The molecule has 0 bridgehead atoms. The van der Waals surface area contributed by atoms with Gasteiger partial charge in [0.1, 0.15) is 17.6 Å². The molecule has 0 spiro atoms. The Balaban J connectivity index is 1.66. The number of methoxy groups -OCH3 is 1. The van der Waals surface area contributed by atoms with Crippen LogP contribution in [0.4, 0.5) is 15.8 Å². The molecule has 3 amide bonds. The Labute approximate surface area is 251 Å². The molecule has 1 aliphatic rings. The van der Waals surface area contributed by atoms with Gasteiger partial charge in [-0.05, 0) is 79.3 Å². The van der Waals surface area contributed by atoms with Crippen molar-refractivity contribution in [2.75, 3.05) is 30.5 Å². The summed E-state index contributed by atoms with van der Waals surface area (Å²) in [5, 5.41) is 7.57. The summed E-state index contributed by atoms with van der Waals surface area (Å²) in [5.74, 6) is -1.07. The maximum absolute atomic E-state index is 14.4. The highest BCUT2D eigenvalue weighted by Gasteiger charge is 2.38. The molecule has 0 radical (unpaired) electrons. The van der Waals surface area contributed by atoms with E-state index in [0.29, 0.717) is 17.1 Å². The predicted octanol–water partition coefficient (Wildman–Crippen LogP) is 5.04. The minimum Gasteiger partial charge on any atom is -0.496 e. The van der Waals surface area contributed by atoms with Gasteiger partial charge in [0.25, 0.3) is 11.8 Å². The van der Waals surface area contributed by atoms with Gasteiger partial charge in [-0.1, -0.05) is 40.2 Å². The van der Waals surface area contributed by atoms with Crippen LogP contribution in [0, 0.1) is 5.82 Å². The Morgan fingerprint density at radius 1 is 1.00 bits per heavy atom. The van der Waals surface area contributed by atoms with Crippen molar-refractivity contribution in [2.24, 2.45) is 0 Å². The van der Waals surface area contributed by atoms with Crippen LogP contribution in [0.1, 0.15) is 22.8 Å². The summed E-state index contributed by atoms with van der Waals surface area (Å²) in [7, 11) is 3.22. The van der Waals surface area contributed by atoms with Crippen LogP contribution >= 0.6 is 15.9 Å². The van der Waals surface area contributed by atoms with Crippen molar-refractivity contribution < 1.29 is 23.5 Å². The first-order chi connectivity index (χ1) is 20.2. The van der Waals surface area contributed by atoms with Crippen molar-refractivity contribution in [1.82, 2.24) is 10.6 Å². The van der Waals surface area contributed by atoms with Gasteiger partial charge in [0.15, 0.2) is 0 Å². The molecule has 8 nitrogen and oxygen atoms in total. The molecule has 0 saturated carbocycles. The summed E-state index contributed by atoms with van der Waals surface area (Å²) in [4.78, 5) is 44.3. The zero-order valence-corrected chi connectivity index (χ0v) is 24.9. The molecule has 42 heavy (non-hydrogen) atoms. The lowest BCUT2D eigenvalue weighted by Crippen LogP contribution is -2.55. The molecular formula is C32H30BrFN4O4. The lowest BCUT2D eigenvalue weighted by Gasteiger charge is -2.27. The number of amides is 3. The Morgan fingerprint density at radius 2 is 1.71 bits per heavy atom. The maximum atomic E-state index is 14.4. The van der Waals surface area contributed by atoms with Gasteiger partial charge in [0.2, 0.25) is 5.91 Å². The number of anilines is 2. The van der Waals surface area contributed by atoms with Crippen LogP contribution < -0.4 is 25.2 Å². The van der Waals surface area contributed by atoms with Crippen molar-refractivity contribution >= 4 is 55.8 Å². The number of nitrogens with one attached hydrogen (secondary N) is 2. The van der Waals surface area contributed by atoms with E-state index in [0.717, 1.165) is 20.8 Å². The van der Waals surface area contributed by atoms with E-state index in [1.54, 1.807) is 50.2 Å². The summed E-state index contributed by atoms with van der Waals surface area (Å²) in [6, 6.07) is 20.3. The number of hydrogen-bond acceptors (Lipinski definition) is 5. The number of halogens is 2. The zero-order valence-electron chi connectivity index (χ0n) is 23.4. The molecule has 4 aromatic carbocycles. The number of carbonyl (C=O) groups is 3. The SMILES string of the molecule is CNC(C)C(=O)NC1CN(C(=O)c2ccc(F)cc2)c2ccccc2N(Cc2c(OC)ccc3c(Br)cccc23)C1=O. The standard InChI is InChI=1S/C32H30BrFN4O4/c1-19(35-2)30(39)36-26-18-38(31(40)20-11-13-21(34)14-12-20)28-10-5-4-9-27(28)37(32(26)41)17-24-22-7-6-8-25(33)23(22)15-16-29(24)42-3/h4-16,19,26,35H,17-18H2,1-3H3,(H,36,39). The van der Waals surface area contributed by atoms with Crippen LogP contribution in [0.5, 0.6) is 5.75 Å². The Bertz CT molecular complexity index is 1660. The molecule has 5 rings (SSSR count). The minimum atomic E-state index is -1.07. The fraction of sp³-hybridized carbons (Fsp3) is 0.219. The normalized spacial score (nSPS) is 15.6. The lowest BCUT2D eigenvalue weighted by atomic mass is 10.0. The van der Waals surface area contributed by atoms with Crippen LogP contribution in [0.25, 0.3) is 10.8 Å². The molecule has 1 heterocycles. The number of likely N-dealkylation sites (N-methyl/N-ethyl adjacent to an activating group) is 1. The molecular weight excluding hydrogens is 603 g/mol. The van der Waals surface area contributed by atoms with Gasteiger partial charge in [-0.2, -0.15) is 0 Å². The fourth-order valence-corrected chi connectivity index (χ4v) is 5.60. The van der Waals surface area contributed by atoms with Crippen molar-refractivity contribution in [1.29, 1.82) is 0 Å². The van der Waals surface area contributed by atoms with Gasteiger partial charge in [0, 0.05) is 15.6 Å². The first kappa shape index (κ1) is 29.2. The van der Waals surface area contributed by atoms with Crippen LogP contribution in [-0.4, -0.2) is 50.5 Å². The quantitative estimate of drug-likeness (QED) is 0.298. The van der Waals surface area contributed by atoms with Crippen molar-refractivity contribution in [3.05, 3.63) is 100 Å². The molecule has 0 saturated heterocycles. The first-order valence-electron chi connectivity index (χ1n) is 13.4. The van der Waals surface area contributed by atoms with E-state index in [4.69, 9.17) is 4.74 Å². The topological polar surface area (TPSA) is 91.0 Å². The van der Waals surface area contributed by atoms with E-state index >= 15 is 0 Å². The highest BCUT2D eigenvalue weighted by atomic mass is 79.9. The number of nitrogens with zero attached hydrogens (tertiary/aromatic N) is 2. The number of ether oxygens (including phenoxy) is 1. The number of para-hydroxylation sites is 2. The number of carbonyl (C=O) groups excluding carboxylic acids is 3. The third-order valence-electron chi connectivity index (χ3n) is 7.48. The van der Waals surface area contributed by atoms with Gasteiger partial charge in [-0.15, -0.1) is 0 Å². The van der Waals surface area contributed by atoms with E-state index in [1.165, 1.54) is 29.2 Å². The van der Waals surface area contributed by atoms with Gasteiger partial charge in [-0.3, -0.25) is 14.4 Å². The highest BCUT2D eigenvalue weighted by Crippen LogP contribution is 2.38. The Morgan fingerprint density at radius 3 is 2.40 bits per heavy atom. The van der Waals surface area contributed by atoms with Crippen LogP contribution in [0.3, 0.4) is 0 Å². The first-order valence-corrected chi connectivity index (χ1v) is 14.2. The second-order valence-electron chi connectivity index (χ2n) is 9.99. The molecule has 4 aromatic rings. The molecule has 2 unspecified atom stereocenters. The lowest BCUT2D eigenvalue weighted by molar-refractivity contribution is -0.128. The van der Waals surface area contributed by atoms with E-state index < -0.39 is 23.8 Å². The Hall–Kier alpha value is -4.28. The zero-order chi connectivity index (χ0) is 30.0. The van der Waals surface area contributed by atoms with E-state index in [9.17, 15) is 18.8 Å². The summed E-state index contributed by atoms with van der Waals surface area (Å²) in [6.07, 6.45) is 0. The van der Waals surface area contributed by atoms with Crippen LogP contribution in [0.15, 0.2) is 83.3 Å². The number of fused-ring (bicyclic) bond motifs is 2. The van der Waals surface area contributed by atoms with E-state index in [-0.39, 0.29) is 30.5 Å². The summed E-state index contributed by atoms with van der Waals surface area (Å²) in [6.45, 7) is 1.67. The van der Waals surface area contributed by atoms with E-state index in [1.807, 2.05) is 30.3 Å². The molecule has 2 N–H and O–H groups in total. The molecule has 2 atom stereocenters. The smallest absolute Gasteiger partial charge is 0.258 e. The largest absolute Gasteiger partial charge is 0.496 e. The average molecular weight is 634 g/mol.